The van der Waals surface area contributed by atoms with E-state index in [1.807, 2.05) is 49.4 Å². The summed E-state index contributed by atoms with van der Waals surface area (Å²) in [5.74, 6) is 1.42. The van der Waals surface area contributed by atoms with Crippen LogP contribution in [0.2, 0.25) is 0 Å². The van der Waals surface area contributed by atoms with Crippen LogP contribution in [0.15, 0.2) is 83.3 Å². The van der Waals surface area contributed by atoms with Crippen LogP contribution in [0.1, 0.15) is 30.7 Å². The Labute approximate surface area is 187 Å². The Balaban J connectivity index is 1.69. The topological polar surface area (TPSA) is 65.7 Å². The van der Waals surface area contributed by atoms with Crippen molar-refractivity contribution in [3.63, 3.8) is 0 Å². The van der Waals surface area contributed by atoms with Gasteiger partial charge < -0.3 is 13.9 Å². The van der Waals surface area contributed by atoms with Crippen molar-refractivity contribution in [1.29, 1.82) is 0 Å². The van der Waals surface area contributed by atoms with E-state index in [-0.39, 0.29) is 0 Å². The highest BCUT2D eigenvalue weighted by molar-refractivity contribution is 5.89. The Morgan fingerprint density at radius 3 is 2.00 bits per heavy atom. The highest BCUT2D eigenvalue weighted by atomic mass is 16.5. The van der Waals surface area contributed by atoms with Gasteiger partial charge in [0.15, 0.2) is 0 Å². The molecular weight excluding hydrogens is 404 g/mol. The predicted octanol–water partition coefficient (Wildman–Crippen LogP) is 6.39. The number of benzene rings is 2. The minimum atomic E-state index is -0.454. The first-order valence-electron chi connectivity index (χ1n) is 9.97. The SMILES string of the molecule is C=C(C)C(=O)Oc1ccc(C=Cc2ccc(-c3ccc(OC(=O)C(=C)C)cc3C)o2)cc1. The number of ether oxygens (including phenoxy) is 2. The fourth-order valence-corrected chi connectivity index (χ4v) is 2.78. The number of hydrogen-bond donors (Lipinski definition) is 0. The van der Waals surface area contributed by atoms with Crippen LogP contribution in [0, 0.1) is 6.92 Å². The van der Waals surface area contributed by atoms with Crippen LogP contribution in [-0.2, 0) is 9.59 Å². The van der Waals surface area contributed by atoms with Gasteiger partial charge >= 0.3 is 11.9 Å². The number of aryl methyl sites for hydroxylation is 1. The summed E-state index contributed by atoms with van der Waals surface area (Å²) in [5.41, 5.74) is 3.44. The quantitative estimate of drug-likeness (QED) is 0.248. The van der Waals surface area contributed by atoms with Crippen molar-refractivity contribution in [3.05, 3.63) is 95.8 Å². The molecule has 0 radical (unpaired) electrons. The molecule has 32 heavy (non-hydrogen) atoms. The second-order valence-electron chi connectivity index (χ2n) is 7.42. The maximum absolute atomic E-state index is 11.7. The fraction of sp³-hybridized carbons (Fsp3) is 0.111. The lowest BCUT2D eigenvalue weighted by molar-refractivity contribution is -0.130. The summed E-state index contributed by atoms with van der Waals surface area (Å²) in [7, 11) is 0. The number of hydrogen-bond acceptors (Lipinski definition) is 5. The normalized spacial score (nSPS) is 10.7. The smallest absolute Gasteiger partial charge is 0.338 e. The monoisotopic (exact) mass is 428 g/mol. The van der Waals surface area contributed by atoms with Gasteiger partial charge in [-0.1, -0.05) is 31.4 Å². The molecule has 2 aromatic carbocycles. The molecule has 3 rings (SSSR count). The van der Waals surface area contributed by atoms with E-state index in [1.165, 1.54) is 0 Å². The Hall–Kier alpha value is -4.12. The number of esters is 2. The average molecular weight is 428 g/mol. The summed E-state index contributed by atoms with van der Waals surface area (Å²) in [6.45, 7) is 12.3. The molecule has 0 aliphatic carbocycles. The molecule has 1 aromatic heterocycles. The van der Waals surface area contributed by atoms with Gasteiger partial charge in [-0.25, -0.2) is 9.59 Å². The Morgan fingerprint density at radius 1 is 0.812 bits per heavy atom. The fourth-order valence-electron chi connectivity index (χ4n) is 2.78. The molecule has 5 nitrogen and oxygen atoms in total. The first kappa shape index (κ1) is 22.6. The summed E-state index contributed by atoms with van der Waals surface area (Å²) in [4.78, 5) is 23.3. The molecule has 0 bridgehead atoms. The third kappa shape index (κ3) is 5.73. The Bertz CT molecular complexity index is 1210. The maximum atomic E-state index is 11.7. The van der Waals surface area contributed by atoms with Crippen LogP contribution in [0.4, 0.5) is 0 Å². The van der Waals surface area contributed by atoms with E-state index in [0.717, 1.165) is 16.7 Å². The van der Waals surface area contributed by atoms with Crippen LogP contribution in [0.25, 0.3) is 23.5 Å². The van der Waals surface area contributed by atoms with Crippen molar-refractivity contribution in [1.82, 2.24) is 0 Å². The molecular formula is C27H24O5. The van der Waals surface area contributed by atoms with E-state index in [9.17, 15) is 9.59 Å². The van der Waals surface area contributed by atoms with Gasteiger partial charge in [-0.2, -0.15) is 0 Å². The van der Waals surface area contributed by atoms with Gasteiger partial charge in [0.05, 0.1) is 0 Å². The summed E-state index contributed by atoms with van der Waals surface area (Å²) in [6.07, 6.45) is 3.76. The van der Waals surface area contributed by atoms with Gasteiger partial charge in [-0.05, 0) is 80.4 Å². The average Bonchev–Trinajstić information content (AvgIpc) is 3.22. The zero-order valence-corrected chi connectivity index (χ0v) is 18.3. The minimum absolute atomic E-state index is 0.344. The minimum Gasteiger partial charge on any atom is -0.457 e. The van der Waals surface area contributed by atoms with Crippen molar-refractivity contribution in [2.24, 2.45) is 0 Å². The standard InChI is InChI=1S/C27H24O5/c1-17(2)26(28)31-22-10-7-20(8-11-22)6-9-21-13-15-25(30-21)24-14-12-23(16-19(24)5)32-27(29)18(3)4/h6-16H,1,3H2,2,4-5H3. The zero-order chi connectivity index (χ0) is 23.3. The van der Waals surface area contributed by atoms with Crippen molar-refractivity contribution in [3.8, 4) is 22.8 Å². The molecule has 0 aliphatic heterocycles. The van der Waals surface area contributed by atoms with Gasteiger partial charge in [0.25, 0.3) is 0 Å². The van der Waals surface area contributed by atoms with Crippen LogP contribution in [-0.4, -0.2) is 11.9 Å². The molecule has 0 saturated heterocycles. The molecule has 1 heterocycles. The van der Waals surface area contributed by atoms with Crippen molar-refractivity contribution in [2.45, 2.75) is 20.8 Å². The molecule has 5 heteroatoms. The number of rotatable bonds is 7. The second kappa shape index (κ2) is 9.79. The molecule has 162 valence electrons. The van der Waals surface area contributed by atoms with Crippen LogP contribution >= 0.6 is 0 Å². The summed E-state index contributed by atoms with van der Waals surface area (Å²) in [5, 5.41) is 0. The van der Waals surface area contributed by atoms with Gasteiger partial charge in [-0.15, -0.1) is 0 Å². The number of carbonyl (C=O) groups is 2. The predicted molar refractivity (Wildman–Crippen MR) is 125 cm³/mol. The Morgan fingerprint density at radius 2 is 1.41 bits per heavy atom. The molecule has 0 N–H and O–H groups in total. The van der Waals surface area contributed by atoms with Crippen molar-refractivity contribution >= 4 is 24.1 Å². The first-order valence-corrected chi connectivity index (χ1v) is 9.97. The first-order chi connectivity index (χ1) is 15.2. The van der Waals surface area contributed by atoms with Crippen LogP contribution in [0.5, 0.6) is 11.5 Å². The highest BCUT2D eigenvalue weighted by Crippen LogP contribution is 2.29. The molecule has 0 fully saturated rings. The van der Waals surface area contributed by atoms with E-state index >= 15 is 0 Å². The summed E-state index contributed by atoms with van der Waals surface area (Å²) >= 11 is 0. The molecule has 0 unspecified atom stereocenters. The zero-order valence-electron chi connectivity index (χ0n) is 18.3. The van der Waals surface area contributed by atoms with Gasteiger partial charge in [0, 0.05) is 16.7 Å². The lowest BCUT2D eigenvalue weighted by atomic mass is 10.1. The molecule has 0 saturated carbocycles. The Kier molecular flexibility index (Phi) is 6.90. The second-order valence-corrected chi connectivity index (χ2v) is 7.42. The van der Waals surface area contributed by atoms with Crippen LogP contribution in [0.3, 0.4) is 0 Å². The van der Waals surface area contributed by atoms with Gasteiger partial charge in [0.2, 0.25) is 0 Å². The maximum Gasteiger partial charge on any atom is 0.338 e. The van der Waals surface area contributed by atoms with Crippen molar-refractivity contribution < 1.29 is 23.5 Å². The highest BCUT2D eigenvalue weighted by Gasteiger charge is 2.10. The van der Waals surface area contributed by atoms with E-state index in [4.69, 9.17) is 13.9 Å². The van der Waals surface area contributed by atoms with Gasteiger partial charge in [-0.3, -0.25) is 0 Å². The van der Waals surface area contributed by atoms with E-state index in [1.54, 1.807) is 38.1 Å². The van der Waals surface area contributed by atoms with Gasteiger partial charge in [0.1, 0.15) is 23.0 Å². The third-order valence-electron chi connectivity index (χ3n) is 4.53. The largest absolute Gasteiger partial charge is 0.457 e. The van der Waals surface area contributed by atoms with E-state index in [2.05, 4.69) is 13.2 Å². The third-order valence-corrected chi connectivity index (χ3v) is 4.53. The lowest BCUT2D eigenvalue weighted by Gasteiger charge is -2.07. The summed E-state index contributed by atoms with van der Waals surface area (Å²) < 4.78 is 16.4. The molecule has 0 spiro atoms. The van der Waals surface area contributed by atoms with Crippen LogP contribution < -0.4 is 9.47 Å². The van der Waals surface area contributed by atoms with Crippen molar-refractivity contribution in [2.75, 3.05) is 0 Å². The molecule has 0 aliphatic rings. The summed E-state index contributed by atoms with van der Waals surface area (Å²) in [6, 6.07) is 16.3. The van der Waals surface area contributed by atoms with E-state index in [0.29, 0.717) is 34.2 Å². The number of furan rings is 1. The molecule has 0 atom stereocenters. The van der Waals surface area contributed by atoms with E-state index < -0.39 is 11.9 Å². The molecule has 0 amide bonds. The molecule has 3 aromatic rings. The lowest BCUT2D eigenvalue weighted by Crippen LogP contribution is -2.08. The number of carbonyl (C=O) groups excluding carboxylic acids is 2.